The van der Waals surface area contributed by atoms with E-state index in [2.05, 4.69) is 69.5 Å². The van der Waals surface area contributed by atoms with Crippen molar-refractivity contribution in [2.45, 2.75) is 144 Å². The summed E-state index contributed by atoms with van der Waals surface area (Å²) < 4.78 is 98.8. The topological polar surface area (TPSA) is 314 Å². The zero-order valence-electron chi connectivity index (χ0n) is 78.9. The lowest BCUT2D eigenvalue weighted by atomic mass is 9.97. The van der Waals surface area contributed by atoms with E-state index in [1.807, 2.05) is 121 Å². The number of fused-ring (bicyclic) bond motifs is 15. The molecule has 18 rings (SSSR count). The molecule has 34 heteroatoms. The van der Waals surface area contributed by atoms with Crippen molar-refractivity contribution in [3.63, 3.8) is 0 Å². The van der Waals surface area contributed by atoms with E-state index in [-0.39, 0.29) is 156 Å². The second-order valence-electron chi connectivity index (χ2n) is 37.2. The number of nitrogens with one attached hydrogen (secondary N) is 1. The quantitative estimate of drug-likeness (QED) is 0.0397. The lowest BCUT2D eigenvalue weighted by molar-refractivity contribution is -0.129. The first kappa shape index (κ1) is 94.7. The van der Waals surface area contributed by atoms with Crippen LogP contribution in [0.15, 0.2) is 162 Å². The Morgan fingerprint density at radius 1 is 0.449 bits per heavy atom. The number of benzene rings is 3. The van der Waals surface area contributed by atoms with Gasteiger partial charge in [-0.1, -0.05) is 79.5 Å². The number of carbonyl (C=O) groups is 3. The van der Waals surface area contributed by atoms with Gasteiger partial charge in [0.2, 0.25) is 17.7 Å². The van der Waals surface area contributed by atoms with E-state index in [0.717, 1.165) is 29.7 Å². The van der Waals surface area contributed by atoms with Gasteiger partial charge in [-0.3, -0.25) is 57.4 Å². The van der Waals surface area contributed by atoms with Crippen molar-refractivity contribution >= 4 is 102 Å². The maximum Gasteiger partial charge on any atom is 0.282 e. The highest BCUT2D eigenvalue weighted by Gasteiger charge is 2.47. The fourth-order valence-electron chi connectivity index (χ4n) is 20.3. The molecule has 3 amide bonds. The van der Waals surface area contributed by atoms with Crippen LogP contribution >= 0.6 is 0 Å². The zero-order valence-corrected chi connectivity index (χ0v) is 78.9. The molecule has 0 aliphatic carbocycles. The van der Waals surface area contributed by atoms with E-state index < -0.39 is 34.9 Å². The highest BCUT2D eigenvalue weighted by Crippen LogP contribution is 2.49. The Morgan fingerprint density at radius 3 is 1.15 bits per heavy atom. The Hall–Kier alpha value is -14.4. The van der Waals surface area contributed by atoms with Gasteiger partial charge in [0.15, 0.2) is 34.4 Å². The summed E-state index contributed by atoms with van der Waals surface area (Å²) in [5.74, 6) is -5.15. The van der Waals surface area contributed by atoms with Gasteiger partial charge in [-0.25, -0.2) is 41.3 Å². The first-order chi connectivity index (χ1) is 64.8. The van der Waals surface area contributed by atoms with Crippen LogP contribution in [0.2, 0.25) is 0 Å². The monoisotopic (exact) mass is 1850 g/mol. The third kappa shape index (κ3) is 16.6. The summed E-state index contributed by atoms with van der Waals surface area (Å²) in [5.41, 5.74) is 25.3. The molecule has 3 fully saturated rings. The van der Waals surface area contributed by atoms with Crippen molar-refractivity contribution in [3.05, 3.63) is 247 Å². The van der Waals surface area contributed by atoms with Crippen molar-refractivity contribution in [2.75, 3.05) is 140 Å². The lowest BCUT2D eigenvalue weighted by Gasteiger charge is -2.51. The summed E-state index contributed by atoms with van der Waals surface area (Å²) in [5, 5.41) is 4.45. The van der Waals surface area contributed by atoms with Gasteiger partial charge >= 0.3 is 0 Å². The molecule has 15 heterocycles. The number of likely N-dealkylation sites (N-methyl/N-ethyl adjacent to an activating group) is 1. The van der Waals surface area contributed by atoms with Crippen LogP contribution in [-0.4, -0.2) is 210 Å². The summed E-state index contributed by atoms with van der Waals surface area (Å²) >= 11 is 0. The number of rotatable bonds is 16. The van der Waals surface area contributed by atoms with Crippen molar-refractivity contribution in [1.29, 1.82) is 0 Å². The minimum Gasteiger partial charge on any atom is -0.398 e. The molecule has 9 aromatic heterocycles. The number of nitrogens with zero attached hydrogens (tertiary/aromatic N) is 18. The molecular formula is C102H112F6N22O6. The van der Waals surface area contributed by atoms with Gasteiger partial charge < -0.3 is 66.6 Å². The number of hydrogen-bond donors (Lipinski definition) is 4. The van der Waals surface area contributed by atoms with Gasteiger partial charge in [-0.05, 0) is 194 Å². The third-order valence-corrected chi connectivity index (χ3v) is 26.7. The van der Waals surface area contributed by atoms with Crippen LogP contribution in [0.1, 0.15) is 120 Å². The van der Waals surface area contributed by atoms with Crippen molar-refractivity contribution < 1.29 is 40.7 Å². The van der Waals surface area contributed by atoms with Crippen LogP contribution in [0.3, 0.4) is 0 Å². The number of nitrogen functional groups attached to an aromatic ring is 3. The molecular weight excluding hydrogens is 1740 g/mol. The van der Waals surface area contributed by atoms with Gasteiger partial charge in [0.05, 0.1) is 86.0 Å². The number of pyridine rings is 9. The fraction of sp³-hybridized carbons (Fsp3) is 0.353. The fourth-order valence-corrected chi connectivity index (χ4v) is 20.3. The highest BCUT2D eigenvalue weighted by molar-refractivity contribution is 6.04. The number of aromatic nitrogens is 9. The number of aryl methyl sites for hydroxylation is 3. The molecule has 0 radical (unpaired) electrons. The predicted molar refractivity (Wildman–Crippen MR) is 526 cm³/mol. The van der Waals surface area contributed by atoms with Crippen LogP contribution in [0.25, 0.3) is 83.9 Å². The van der Waals surface area contributed by atoms with E-state index in [9.17, 15) is 24.0 Å². The van der Waals surface area contributed by atoms with E-state index >= 15 is 31.1 Å². The largest absolute Gasteiger partial charge is 0.398 e. The molecule has 6 aliphatic heterocycles. The summed E-state index contributed by atoms with van der Waals surface area (Å²) in [6, 6.07) is 20.6. The van der Waals surface area contributed by atoms with Crippen LogP contribution in [0.5, 0.6) is 0 Å². The molecule has 7 N–H and O–H groups in total. The molecule has 28 nitrogen and oxygen atoms in total. The molecule has 6 atom stereocenters. The zero-order chi connectivity index (χ0) is 97.7. The molecule has 0 saturated carbocycles. The maximum absolute atomic E-state index is 16.5. The molecule has 136 heavy (non-hydrogen) atoms. The Kier molecular flexibility index (Phi) is 26.1. The number of nitrogens with two attached hydrogens (primary N) is 3. The van der Waals surface area contributed by atoms with Gasteiger partial charge in [0, 0.05) is 142 Å². The normalized spacial score (nSPS) is 17.8. The van der Waals surface area contributed by atoms with Crippen molar-refractivity contribution in [3.8, 4) is 50.8 Å². The lowest BCUT2D eigenvalue weighted by Crippen LogP contribution is -2.64. The van der Waals surface area contributed by atoms with Crippen molar-refractivity contribution in [2.24, 2.45) is 0 Å². The number of anilines is 9. The number of amides is 3. The average Bonchev–Trinajstić information content (AvgIpc) is 0.716. The molecule has 3 aromatic carbocycles. The third-order valence-electron chi connectivity index (χ3n) is 26.7. The number of hydrogen-bond acceptors (Lipinski definition) is 22. The van der Waals surface area contributed by atoms with Gasteiger partial charge in [-0.15, -0.1) is 0 Å². The van der Waals surface area contributed by atoms with Crippen LogP contribution < -0.4 is 63.7 Å². The number of piperazine rings is 3. The average molecular weight is 1860 g/mol. The minimum atomic E-state index is -0.778. The summed E-state index contributed by atoms with van der Waals surface area (Å²) in [6.45, 7) is 39.5. The van der Waals surface area contributed by atoms with E-state index in [1.54, 1.807) is 39.4 Å². The van der Waals surface area contributed by atoms with Crippen LogP contribution in [-0.2, 0) is 14.4 Å². The molecule has 6 aliphatic rings. The molecule has 0 bridgehead atoms. The highest BCUT2D eigenvalue weighted by atomic mass is 19.1. The summed E-state index contributed by atoms with van der Waals surface area (Å²) in [6.07, 6.45) is 9.78. The Morgan fingerprint density at radius 2 is 0.787 bits per heavy atom. The Balaban J connectivity index is 0.000000148. The second kappa shape index (κ2) is 37.4. The molecule has 12 aromatic rings. The predicted octanol–water partition coefficient (Wildman–Crippen LogP) is 14.6. The number of carbonyl (C=O) groups excluding carboxylic acids is 3. The summed E-state index contributed by atoms with van der Waals surface area (Å²) in [7, 11) is 5.82. The minimum absolute atomic E-state index is 0.0246. The number of halogens is 6. The molecule has 3 saturated heterocycles. The molecule has 0 spiro atoms. The first-order valence-electron chi connectivity index (χ1n) is 45.6. The molecule has 708 valence electrons. The second-order valence-corrected chi connectivity index (χ2v) is 37.2. The standard InChI is InChI=1S/C37H44F2N8O2.C33H35F2N7O2.C32H33F2N7O2/c1-8-29(48)45-20-24-19-44(16-10-15-43(6)7)35-34(46(24)18-23(45)5)25-17-27(39)32(30-26(38)11-9-12-28(30)40)42-36(25)47(37(35)49)33-22(4)13-14-41-31(33)21(2)3;1-7-25(43)40-16-20-15-39(6)31-30(41(20)14-19(40)5)21-13-23(35)28(26-22(34)9-8-10-24(26)36)38-32(21)42(33(31)44)29-18(4)11-12-37-27(29)17(2)3;1-6-24(42)39-15-19-13-37-28-30(40(19)14-18(39)5)20-12-22(34)27(25-21(33)8-7-9-23(25)35)38-31(20)41(32(28)43)29-17(4)10-11-36-26(29)16(2)3/h8-9,11-14,17,21,23-24H,1,10,15-16,18-20,40H2,2-7H3;7-13,17,19-20H,1,14-16,36H2,2-6H3;6-12,16,18-19,37H,1,13-15,35H2,2-5H3. The van der Waals surface area contributed by atoms with E-state index in [4.69, 9.17) is 27.2 Å². The van der Waals surface area contributed by atoms with Gasteiger partial charge in [-0.2, -0.15) is 0 Å². The Labute approximate surface area is 783 Å². The van der Waals surface area contributed by atoms with Gasteiger partial charge in [0.1, 0.15) is 51.6 Å². The first-order valence-corrected chi connectivity index (χ1v) is 45.6. The SMILES string of the molecule is C=CC(=O)N1CC2CN(C)c3c(c4cc(F)c(-c5c(N)cccc5F)nc4n(-c4c(C)ccnc4C(C)C)c3=O)N2CC1C.C=CC(=O)N1CC2CN(CCCN(C)C)c3c(c4cc(F)c(-c5c(N)cccc5F)nc4n(-c4c(C)ccnc4C(C)C)c3=O)N2CC1C.C=CC(=O)N1CC2CNc3c(c4cc(F)c(-c5c(N)cccc5F)nc4n(-c4c(C)ccnc4C(C)C)c3=O)N2CC1C. The van der Waals surface area contributed by atoms with Gasteiger partial charge in [0.25, 0.3) is 16.7 Å². The molecule has 6 unspecified atom stereocenters. The van der Waals surface area contributed by atoms with Crippen LogP contribution in [0, 0.1) is 55.7 Å². The summed E-state index contributed by atoms with van der Waals surface area (Å²) in [4.78, 5) is 128. The van der Waals surface area contributed by atoms with E-state index in [1.165, 1.54) is 105 Å². The smallest absolute Gasteiger partial charge is 0.282 e. The van der Waals surface area contributed by atoms with Crippen molar-refractivity contribution in [1.82, 2.24) is 63.2 Å². The Bertz CT molecular complexity index is 7040. The maximum atomic E-state index is 16.5. The van der Waals surface area contributed by atoms with Crippen LogP contribution in [0.4, 0.5) is 77.5 Å². The van der Waals surface area contributed by atoms with E-state index in [0.29, 0.717) is 150 Å².